The van der Waals surface area contributed by atoms with E-state index >= 15 is 0 Å². The molecule has 1 aliphatic heterocycles. The number of carbonyl (C=O) groups is 2. The second-order valence-electron chi connectivity index (χ2n) is 4.34. The van der Waals surface area contributed by atoms with Crippen LogP contribution < -0.4 is 4.90 Å². The van der Waals surface area contributed by atoms with Crippen molar-refractivity contribution >= 4 is 29.0 Å². The number of hydrogen-bond acceptors (Lipinski definition) is 3. The Bertz CT molecular complexity index is 499. The Kier molecular flexibility index (Phi) is 3.68. The SMILES string of the molecule is CC(C)OCCN1C(=O)C(=O)c2c(Cl)cccc21. The Morgan fingerprint density at radius 1 is 1.33 bits per heavy atom. The van der Waals surface area contributed by atoms with Crippen LogP contribution in [0.3, 0.4) is 0 Å². The molecule has 0 aliphatic carbocycles. The third-order valence-electron chi connectivity index (χ3n) is 2.71. The molecule has 5 heteroatoms. The van der Waals surface area contributed by atoms with Gasteiger partial charge in [-0.3, -0.25) is 9.59 Å². The first-order valence-corrected chi connectivity index (χ1v) is 6.16. The van der Waals surface area contributed by atoms with E-state index < -0.39 is 11.7 Å². The summed E-state index contributed by atoms with van der Waals surface area (Å²) in [6.45, 7) is 4.59. The van der Waals surface area contributed by atoms with E-state index in [1.54, 1.807) is 18.2 Å². The molecule has 0 atom stereocenters. The molecule has 1 heterocycles. The van der Waals surface area contributed by atoms with E-state index in [0.717, 1.165) is 0 Å². The fourth-order valence-electron chi connectivity index (χ4n) is 1.90. The van der Waals surface area contributed by atoms with Gasteiger partial charge in [-0.15, -0.1) is 0 Å². The van der Waals surface area contributed by atoms with Gasteiger partial charge in [0, 0.05) is 6.54 Å². The topological polar surface area (TPSA) is 46.6 Å². The third-order valence-corrected chi connectivity index (χ3v) is 3.03. The summed E-state index contributed by atoms with van der Waals surface area (Å²) in [7, 11) is 0. The fraction of sp³-hybridized carbons (Fsp3) is 0.385. The van der Waals surface area contributed by atoms with Gasteiger partial charge < -0.3 is 9.64 Å². The molecule has 1 aromatic carbocycles. The molecule has 4 nitrogen and oxygen atoms in total. The Morgan fingerprint density at radius 3 is 2.72 bits per heavy atom. The number of rotatable bonds is 4. The van der Waals surface area contributed by atoms with Gasteiger partial charge in [-0.05, 0) is 26.0 Å². The van der Waals surface area contributed by atoms with Crippen molar-refractivity contribution in [1.29, 1.82) is 0 Å². The molecule has 0 saturated carbocycles. The molecule has 96 valence electrons. The highest BCUT2D eigenvalue weighted by Gasteiger charge is 2.37. The summed E-state index contributed by atoms with van der Waals surface area (Å²) in [5.74, 6) is -1.08. The van der Waals surface area contributed by atoms with Crippen molar-refractivity contribution in [1.82, 2.24) is 0 Å². The first-order chi connectivity index (χ1) is 8.52. The minimum absolute atomic E-state index is 0.0947. The predicted molar refractivity (Wildman–Crippen MR) is 69.2 cm³/mol. The highest BCUT2D eigenvalue weighted by atomic mass is 35.5. The van der Waals surface area contributed by atoms with Crippen LogP contribution in [-0.4, -0.2) is 30.9 Å². The zero-order valence-corrected chi connectivity index (χ0v) is 11.0. The number of ether oxygens (including phenoxy) is 1. The molecule has 2 rings (SSSR count). The predicted octanol–water partition coefficient (Wildman–Crippen LogP) is 2.29. The summed E-state index contributed by atoms with van der Waals surface area (Å²) in [6, 6.07) is 5.06. The number of amides is 1. The maximum Gasteiger partial charge on any atom is 0.299 e. The molecule has 0 bridgehead atoms. The van der Waals surface area contributed by atoms with Gasteiger partial charge in [-0.25, -0.2) is 0 Å². The van der Waals surface area contributed by atoms with Crippen molar-refractivity contribution in [2.75, 3.05) is 18.1 Å². The van der Waals surface area contributed by atoms with Crippen LogP contribution in [0.4, 0.5) is 5.69 Å². The van der Waals surface area contributed by atoms with Gasteiger partial charge in [0.25, 0.3) is 11.7 Å². The van der Waals surface area contributed by atoms with Gasteiger partial charge >= 0.3 is 0 Å². The van der Waals surface area contributed by atoms with Crippen molar-refractivity contribution in [3.63, 3.8) is 0 Å². The standard InChI is InChI=1S/C13H14ClNO3/c1-8(2)18-7-6-15-10-5-3-4-9(14)11(10)12(16)13(15)17/h3-5,8H,6-7H2,1-2H3. The molecule has 0 N–H and O–H groups in total. The van der Waals surface area contributed by atoms with Crippen LogP contribution in [-0.2, 0) is 9.53 Å². The average Bonchev–Trinajstić information content (AvgIpc) is 2.55. The van der Waals surface area contributed by atoms with Crippen LogP contribution in [0, 0.1) is 0 Å². The van der Waals surface area contributed by atoms with Crippen LogP contribution in [0.25, 0.3) is 0 Å². The quantitative estimate of drug-likeness (QED) is 0.787. The summed E-state index contributed by atoms with van der Waals surface area (Å²) >= 11 is 5.95. The lowest BCUT2D eigenvalue weighted by Crippen LogP contribution is -2.33. The molecule has 1 amide bonds. The van der Waals surface area contributed by atoms with E-state index in [1.807, 2.05) is 13.8 Å². The lowest BCUT2D eigenvalue weighted by molar-refractivity contribution is -0.114. The lowest BCUT2D eigenvalue weighted by atomic mass is 10.1. The number of anilines is 1. The van der Waals surface area contributed by atoms with Gasteiger partial charge in [-0.1, -0.05) is 17.7 Å². The maximum atomic E-state index is 11.9. The van der Waals surface area contributed by atoms with Crippen molar-refractivity contribution in [2.45, 2.75) is 20.0 Å². The van der Waals surface area contributed by atoms with Crippen molar-refractivity contribution in [3.8, 4) is 0 Å². The summed E-state index contributed by atoms with van der Waals surface area (Å²) < 4.78 is 5.39. The average molecular weight is 268 g/mol. The van der Waals surface area contributed by atoms with Gasteiger partial charge in [-0.2, -0.15) is 0 Å². The molecule has 0 spiro atoms. The van der Waals surface area contributed by atoms with Gasteiger partial charge in [0.15, 0.2) is 0 Å². The van der Waals surface area contributed by atoms with E-state index in [0.29, 0.717) is 29.4 Å². The summed E-state index contributed by atoms with van der Waals surface area (Å²) in [4.78, 5) is 25.1. The summed E-state index contributed by atoms with van der Waals surface area (Å²) in [6.07, 6.45) is 0.0947. The molecule has 0 fully saturated rings. The minimum atomic E-state index is -0.542. The highest BCUT2D eigenvalue weighted by Crippen LogP contribution is 2.33. The Labute approximate surface area is 110 Å². The van der Waals surface area contributed by atoms with Crippen molar-refractivity contribution in [2.24, 2.45) is 0 Å². The molecule has 1 aliphatic rings. The van der Waals surface area contributed by atoms with Crippen LogP contribution in [0.2, 0.25) is 5.02 Å². The molecule has 18 heavy (non-hydrogen) atoms. The van der Waals surface area contributed by atoms with Crippen LogP contribution in [0.1, 0.15) is 24.2 Å². The number of carbonyl (C=O) groups excluding carboxylic acids is 2. The maximum absolute atomic E-state index is 11.9. The number of Topliss-reactive ketones (excluding diaryl/α,β-unsaturated/α-hetero) is 1. The Morgan fingerprint density at radius 2 is 2.06 bits per heavy atom. The van der Waals surface area contributed by atoms with Crippen LogP contribution in [0.5, 0.6) is 0 Å². The lowest BCUT2D eigenvalue weighted by Gasteiger charge is -2.17. The molecular formula is C13H14ClNO3. The fourth-order valence-corrected chi connectivity index (χ4v) is 2.16. The summed E-state index contributed by atoms with van der Waals surface area (Å²) in [5, 5.41) is 0.318. The molecule has 0 saturated heterocycles. The molecule has 0 aromatic heterocycles. The number of ketones is 1. The first kappa shape index (κ1) is 13.1. The van der Waals surface area contributed by atoms with Crippen LogP contribution >= 0.6 is 11.6 Å². The van der Waals surface area contributed by atoms with E-state index in [1.165, 1.54) is 4.90 Å². The molecular weight excluding hydrogens is 254 g/mol. The largest absolute Gasteiger partial charge is 0.377 e. The van der Waals surface area contributed by atoms with E-state index in [2.05, 4.69) is 0 Å². The van der Waals surface area contributed by atoms with Gasteiger partial charge in [0.05, 0.1) is 29.0 Å². The summed E-state index contributed by atoms with van der Waals surface area (Å²) in [5.41, 5.74) is 0.874. The van der Waals surface area contributed by atoms with E-state index in [9.17, 15) is 9.59 Å². The number of hydrogen-bond donors (Lipinski definition) is 0. The second-order valence-corrected chi connectivity index (χ2v) is 4.75. The Balaban J connectivity index is 2.21. The minimum Gasteiger partial charge on any atom is -0.377 e. The second kappa shape index (κ2) is 5.08. The van der Waals surface area contributed by atoms with Gasteiger partial charge in [0.2, 0.25) is 0 Å². The van der Waals surface area contributed by atoms with Gasteiger partial charge in [0.1, 0.15) is 0 Å². The third kappa shape index (κ3) is 2.26. The van der Waals surface area contributed by atoms with Crippen LogP contribution in [0.15, 0.2) is 18.2 Å². The number of nitrogens with zero attached hydrogens (tertiary/aromatic N) is 1. The highest BCUT2D eigenvalue weighted by molar-refractivity contribution is 6.55. The Hall–Kier alpha value is -1.39. The zero-order valence-electron chi connectivity index (χ0n) is 10.3. The van der Waals surface area contributed by atoms with Crippen molar-refractivity contribution < 1.29 is 14.3 Å². The van der Waals surface area contributed by atoms with E-state index in [-0.39, 0.29) is 6.10 Å². The molecule has 1 aromatic rings. The molecule has 0 unspecified atom stereocenters. The zero-order chi connectivity index (χ0) is 13.3. The molecule has 0 radical (unpaired) electrons. The monoisotopic (exact) mass is 267 g/mol. The van der Waals surface area contributed by atoms with Crippen molar-refractivity contribution in [3.05, 3.63) is 28.8 Å². The van der Waals surface area contributed by atoms with E-state index in [4.69, 9.17) is 16.3 Å². The smallest absolute Gasteiger partial charge is 0.299 e. The first-order valence-electron chi connectivity index (χ1n) is 5.78. The number of halogens is 1. The number of fused-ring (bicyclic) bond motifs is 1. The number of benzene rings is 1. The normalized spacial score (nSPS) is 14.6.